The number of benzene rings is 1. The van der Waals surface area contributed by atoms with E-state index < -0.39 is 0 Å². The summed E-state index contributed by atoms with van der Waals surface area (Å²) in [5.74, 6) is 6.93. The maximum atomic E-state index is 13.0. The molecule has 1 aromatic heterocycles. The molecule has 25 heavy (non-hydrogen) atoms. The Morgan fingerprint density at radius 3 is 2.68 bits per heavy atom. The first-order valence-electron chi connectivity index (χ1n) is 8.56. The van der Waals surface area contributed by atoms with Crippen molar-refractivity contribution in [2.24, 2.45) is 0 Å². The molecule has 0 spiro atoms. The third-order valence-electron chi connectivity index (χ3n) is 4.34. The van der Waals surface area contributed by atoms with Gasteiger partial charge in [-0.3, -0.25) is 4.79 Å². The van der Waals surface area contributed by atoms with E-state index in [1.807, 2.05) is 50.8 Å². The Morgan fingerprint density at radius 2 is 2.00 bits per heavy atom. The monoisotopic (exact) mass is 359 g/mol. The standard InChI is InChI=1S/C18H25N5OS/c1-12(25-17-21-20-16(23(17)19)18(2,3)4)15(24)22-11-7-9-13-8-5-6-10-14(13)22/h5-6,8,10,12H,7,9,11,19H2,1-4H3. The van der Waals surface area contributed by atoms with Gasteiger partial charge in [0.05, 0.1) is 5.25 Å². The normalized spacial score (nSPS) is 15.8. The van der Waals surface area contributed by atoms with Crippen LogP contribution >= 0.6 is 11.8 Å². The topological polar surface area (TPSA) is 77.0 Å². The number of fused-ring (bicyclic) bond motifs is 1. The lowest BCUT2D eigenvalue weighted by atomic mass is 9.96. The van der Waals surface area contributed by atoms with E-state index in [-0.39, 0.29) is 16.6 Å². The molecule has 2 N–H and O–H groups in total. The molecule has 3 rings (SSSR count). The average molecular weight is 359 g/mol. The summed E-state index contributed by atoms with van der Waals surface area (Å²) in [6.07, 6.45) is 2.01. The molecule has 0 saturated heterocycles. The fourth-order valence-corrected chi connectivity index (χ4v) is 3.89. The zero-order valence-electron chi connectivity index (χ0n) is 15.2. The summed E-state index contributed by atoms with van der Waals surface area (Å²) in [7, 11) is 0. The van der Waals surface area contributed by atoms with Crippen LogP contribution in [0.4, 0.5) is 5.69 Å². The second kappa shape index (κ2) is 6.71. The van der Waals surface area contributed by atoms with E-state index in [2.05, 4.69) is 16.3 Å². The Morgan fingerprint density at radius 1 is 1.28 bits per heavy atom. The molecule has 0 saturated carbocycles. The average Bonchev–Trinajstić information content (AvgIpc) is 2.94. The van der Waals surface area contributed by atoms with Gasteiger partial charge in [-0.15, -0.1) is 10.2 Å². The number of nitrogen functional groups attached to an aromatic ring is 1. The summed E-state index contributed by atoms with van der Waals surface area (Å²) in [5, 5.41) is 8.64. The zero-order valence-corrected chi connectivity index (χ0v) is 16.0. The Bertz CT molecular complexity index is 780. The fraction of sp³-hybridized carbons (Fsp3) is 0.500. The van der Waals surface area contributed by atoms with Gasteiger partial charge in [0.2, 0.25) is 11.1 Å². The Labute approximate surface area is 152 Å². The van der Waals surface area contributed by atoms with E-state index in [4.69, 9.17) is 5.84 Å². The number of thioether (sulfide) groups is 1. The molecule has 0 aliphatic carbocycles. The van der Waals surface area contributed by atoms with E-state index in [1.165, 1.54) is 22.0 Å². The number of nitrogens with two attached hydrogens (primary N) is 1. The van der Waals surface area contributed by atoms with Crippen LogP contribution < -0.4 is 10.7 Å². The molecule has 1 aliphatic heterocycles. The summed E-state index contributed by atoms with van der Waals surface area (Å²) < 4.78 is 1.50. The van der Waals surface area contributed by atoms with E-state index in [9.17, 15) is 4.79 Å². The molecule has 134 valence electrons. The first-order chi connectivity index (χ1) is 11.8. The van der Waals surface area contributed by atoms with Crippen molar-refractivity contribution in [1.29, 1.82) is 0 Å². The Kier molecular flexibility index (Phi) is 4.77. The molecule has 7 heteroatoms. The van der Waals surface area contributed by atoms with E-state index in [0.717, 1.165) is 25.1 Å². The van der Waals surface area contributed by atoms with Gasteiger partial charge in [0, 0.05) is 17.6 Å². The molecule has 1 amide bonds. The number of para-hydroxylation sites is 1. The highest BCUT2D eigenvalue weighted by atomic mass is 32.2. The maximum Gasteiger partial charge on any atom is 0.240 e. The van der Waals surface area contributed by atoms with Gasteiger partial charge in [-0.25, -0.2) is 4.68 Å². The van der Waals surface area contributed by atoms with Gasteiger partial charge in [0.15, 0.2) is 5.82 Å². The third-order valence-corrected chi connectivity index (χ3v) is 5.39. The van der Waals surface area contributed by atoms with Gasteiger partial charge in [-0.1, -0.05) is 50.7 Å². The van der Waals surface area contributed by atoms with Gasteiger partial charge in [0.1, 0.15) is 0 Å². The van der Waals surface area contributed by atoms with Crippen LogP contribution in [0.5, 0.6) is 0 Å². The lowest BCUT2D eigenvalue weighted by molar-refractivity contribution is -0.117. The van der Waals surface area contributed by atoms with Crippen LogP contribution in [-0.2, 0) is 16.6 Å². The molecular weight excluding hydrogens is 334 g/mol. The van der Waals surface area contributed by atoms with Crippen molar-refractivity contribution in [3.63, 3.8) is 0 Å². The highest BCUT2D eigenvalue weighted by molar-refractivity contribution is 8.00. The lowest BCUT2D eigenvalue weighted by Gasteiger charge is -2.31. The van der Waals surface area contributed by atoms with Crippen molar-refractivity contribution in [2.45, 2.75) is 56.4 Å². The van der Waals surface area contributed by atoms with Crippen LogP contribution in [0, 0.1) is 0 Å². The molecule has 0 bridgehead atoms. The predicted octanol–water partition coefficient (Wildman–Crippen LogP) is 2.75. The first kappa shape index (κ1) is 17.8. The van der Waals surface area contributed by atoms with E-state index in [0.29, 0.717) is 11.0 Å². The Balaban J connectivity index is 1.78. The number of aromatic nitrogens is 3. The second-order valence-corrected chi connectivity index (χ2v) is 8.72. The number of aryl methyl sites for hydroxylation is 1. The molecule has 1 unspecified atom stereocenters. The van der Waals surface area contributed by atoms with Crippen LogP contribution in [0.15, 0.2) is 29.4 Å². The zero-order chi connectivity index (χ0) is 18.2. The van der Waals surface area contributed by atoms with E-state index in [1.54, 1.807) is 0 Å². The van der Waals surface area contributed by atoms with Crippen molar-refractivity contribution < 1.29 is 4.79 Å². The summed E-state index contributed by atoms with van der Waals surface area (Å²) in [6.45, 7) is 8.76. The predicted molar refractivity (Wildman–Crippen MR) is 101 cm³/mol. The number of amides is 1. The second-order valence-electron chi connectivity index (χ2n) is 7.41. The molecule has 6 nitrogen and oxygen atoms in total. The van der Waals surface area contributed by atoms with Crippen molar-refractivity contribution in [2.75, 3.05) is 17.3 Å². The highest BCUT2D eigenvalue weighted by Gasteiger charge is 2.29. The summed E-state index contributed by atoms with van der Waals surface area (Å²) in [5.41, 5.74) is 2.06. The third kappa shape index (κ3) is 3.51. The first-order valence-corrected chi connectivity index (χ1v) is 9.44. The number of nitrogens with zero attached hydrogens (tertiary/aromatic N) is 4. The van der Waals surface area contributed by atoms with Crippen LogP contribution in [0.1, 0.15) is 45.5 Å². The van der Waals surface area contributed by atoms with Crippen LogP contribution in [-0.4, -0.2) is 32.6 Å². The highest BCUT2D eigenvalue weighted by Crippen LogP contribution is 2.31. The number of carbonyl (C=O) groups excluding carboxylic acids is 1. The van der Waals surface area contributed by atoms with Gasteiger partial charge < -0.3 is 10.7 Å². The van der Waals surface area contributed by atoms with Gasteiger partial charge >= 0.3 is 0 Å². The van der Waals surface area contributed by atoms with Crippen molar-refractivity contribution in [1.82, 2.24) is 14.9 Å². The molecule has 0 radical (unpaired) electrons. The summed E-state index contributed by atoms with van der Waals surface area (Å²) >= 11 is 1.36. The fourth-order valence-electron chi connectivity index (χ4n) is 3.06. The van der Waals surface area contributed by atoms with Crippen molar-refractivity contribution >= 4 is 23.4 Å². The van der Waals surface area contributed by atoms with E-state index >= 15 is 0 Å². The lowest BCUT2D eigenvalue weighted by Crippen LogP contribution is -2.40. The molecule has 0 fully saturated rings. The largest absolute Gasteiger partial charge is 0.336 e. The molecule has 1 atom stereocenters. The van der Waals surface area contributed by atoms with Crippen LogP contribution in [0.2, 0.25) is 0 Å². The number of hydrogen-bond donors (Lipinski definition) is 1. The van der Waals surface area contributed by atoms with Crippen molar-refractivity contribution in [3.05, 3.63) is 35.7 Å². The molecule has 2 heterocycles. The molecule has 1 aromatic carbocycles. The minimum absolute atomic E-state index is 0.0810. The summed E-state index contributed by atoms with van der Waals surface area (Å²) in [4.78, 5) is 14.9. The molecule has 2 aromatic rings. The van der Waals surface area contributed by atoms with Gasteiger partial charge in [-0.05, 0) is 31.4 Å². The number of hydrogen-bond acceptors (Lipinski definition) is 5. The van der Waals surface area contributed by atoms with Crippen molar-refractivity contribution in [3.8, 4) is 0 Å². The molecule has 1 aliphatic rings. The van der Waals surface area contributed by atoms with Gasteiger partial charge in [0.25, 0.3) is 0 Å². The number of anilines is 1. The minimum Gasteiger partial charge on any atom is -0.336 e. The van der Waals surface area contributed by atoms with Crippen LogP contribution in [0.3, 0.4) is 0 Å². The van der Waals surface area contributed by atoms with Crippen LogP contribution in [0.25, 0.3) is 0 Å². The SMILES string of the molecule is CC(Sc1nnc(C(C)(C)C)n1N)C(=O)N1CCCc2ccccc21. The number of carbonyl (C=O) groups is 1. The quantitative estimate of drug-likeness (QED) is 0.673. The minimum atomic E-state index is -0.287. The molecular formula is C18H25N5OS. The van der Waals surface area contributed by atoms with Gasteiger partial charge in [-0.2, -0.15) is 0 Å². The summed E-state index contributed by atoms with van der Waals surface area (Å²) in [6, 6.07) is 8.12. The Hall–Kier alpha value is -2.02. The maximum absolute atomic E-state index is 13.0. The smallest absolute Gasteiger partial charge is 0.240 e. The number of rotatable bonds is 3.